The van der Waals surface area contributed by atoms with E-state index in [9.17, 15) is 4.79 Å². The molecule has 2 rings (SSSR count). The van der Waals surface area contributed by atoms with Crippen LogP contribution in [0.1, 0.15) is 60.8 Å². The second kappa shape index (κ2) is 4.47. The van der Waals surface area contributed by atoms with Crippen LogP contribution < -0.4 is 10.6 Å². The van der Waals surface area contributed by atoms with E-state index >= 15 is 0 Å². The van der Waals surface area contributed by atoms with E-state index in [4.69, 9.17) is 0 Å². The highest BCUT2D eigenvalue weighted by Gasteiger charge is 2.59. The number of carbonyl (C=O) groups is 1. The summed E-state index contributed by atoms with van der Waals surface area (Å²) in [6.45, 7) is 13.7. The summed E-state index contributed by atoms with van der Waals surface area (Å²) in [5, 5.41) is 6.58. The van der Waals surface area contributed by atoms with Gasteiger partial charge in [0.2, 0.25) is 5.91 Å². The first-order valence-corrected chi connectivity index (χ1v) is 7.59. The number of hydrogen-bond donors (Lipinski definition) is 2. The van der Waals surface area contributed by atoms with Gasteiger partial charge in [0.15, 0.2) is 0 Å². The highest BCUT2D eigenvalue weighted by molar-refractivity contribution is 5.78. The molecule has 0 heterocycles. The van der Waals surface area contributed by atoms with Crippen LogP contribution in [-0.4, -0.2) is 24.0 Å². The number of hydrogen-bond acceptors (Lipinski definition) is 2. The summed E-state index contributed by atoms with van der Waals surface area (Å²) in [6, 6.07) is 0.327. The summed E-state index contributed by atoms with van der Waals surface area (Å²) in [5.74, 6) is 0.917. The second-order valence-corrected chi connectivity index (χ2v) is 8.52. The van der Waals surface area contributed by atoms with E-state index in [1.54, 1.807) is 0 Å². The van der Waals surface area contributed by atoms with Gasteiger partial charge in [-0.15, -0.1) is 0 Å². The Balaban J connectivity index is 1.97. The van der Waals surface area contributed by atoms with Crippen molar-refractivity contribution in [3.05, 3.63) is 0 Å². The van der Waals surface area contributed by atoms with Gasteiger partial charge in [0.1, 0.15) is 0 Å². The van der Waals surface area contributed by atoms with Crippen LogP contribution in [0.3, 0.4) is 0 Å². The zero-order valence-electron chi connectivity index (χ0n) is 13.4. The number of rotatable bonds is 3. The molecule has 3 unspecified atom stereocenters. The molecule has 2 bridgehead atoms. The Bertz CT molecular complexity index is 365. The molecule has 0 radical (unpaired) electrons. The average Bonchev–Trinajstić information content (AvgIpc) is 2.72. The van der Waals surface area contributed by atoms with E-state index in [0.29, 0.717) is 18.0 Å². The van der Waals surface area contributed by atoms with Gasteiger partial charge in [-0.25, -0.2) is 0 Å². The zero-order chi connectivity index (χ0) is 14.5. The van der Waals surface area contributed by atoms with E-state index < -0.39 is 0 Å². The lowest BCUT2D eigenvalue weighted by molar-refractivity contribution is -0.123. The predicted octanol–water partition coefficient (Wildman–Crippen LogP) is 2.71. The van der Waals surface area contributed by atoms with Crippen LogP contribution in [0.25, 0.3) is 0 Å². The topological polar surface area (TPSA) is 41.1 Å². The first-order chi connectivity index (χ1) is 8.55. The van der Waals surface area contributed by atoms with Crippen LogP contribution in [0.2, 0.25) is 0 Å². The van der Waals surface area contributed by atoms with E-state index in [1.165, 1.54) is 19.3 Å². The lowest BCUT2D eigenvalue weighted by atomic mass is 9.68. The molecule has 0 spiro atoms. The third kappa shape index (κ3) is 2.81. The molecule has 0 aromatic heterocycles. The molecule has 3 nitrogen and oxygen atoms in total. The summed E-state index contributed by atoms with van der Waals surface area (Å²) in [6.07, 6.45) is 3.87. The van der Waals surface area contributed by atoms with Gasteiger partial charge in [0, 0.05) is 11.6 Å². The maximum atomic E-state index is 12.2. The van der Waals surface area contributed by atoms with Gasteiger partial charge in [0.25, 0.3) is 0 Å². The Morgan fingerprint density at radius 3 is 2.37 bits per heavy atom. The van der Waals surface area contributed by atoms with E-state index in [1.807, 2.05) is 0 Å². The van der Waals surface area contributed by atoms with Gasteiger partial charge in [-0.05, 0) is 56.8 Å². The molecule has 0 aromatic carbocycles. The minimum Gasteiger partial charge on any atom is -0.351 e. The smallest absolute Gasteiger partial charge is 0.234 e. The van der Waals surface area contributed by atoms with Crippen LogP contribution in [0.4, 0.5) is 0 Å². The molecule has 19 heavy (non-hydrogen) atoms. The van der Waals surface area contributed by atoms with Crippen molar-refractivity contribution in [2.75, 3.05) is 6.54 Å². The van der Waals surface area contributed by atoms with Crippen molar-refractivity contribution in [2.45, 2.75) is 72.4 Å². The van der Waals surface area contributed by atoms with Crippen LogP contribution in [0.5, 0.6) is 0 Å². The molecule has 0 saturated heterocycles. The van der Waals surface area contributed by atoms with Crippen LogP contribution in [0, 0.1) is 16.7 Å². The molecule has 2 N–H and O–H groups in total. The summed E-state index contributed by atoms with van der Waals surface area (Å²) in [5.41, 5.74) is 0.543. The first-order valence-electron chi connectivity index (χ1n) is 7.59. The second-order valence-electron chi connectivity index (χ2n) is 8.52. The minimum absolute atomic E-state index is 0.00849. The summed E-state index contributed by atoms with van der Waals surface area (Å²) in [4.78, 5) is 12.2. The quantitative estimate of drug-likeness (QED) is 0.824. The van der Waals surface area contributed by atoms with Crippen LogP contribution in [0.15, 0.2) is 0 Å². The fraction of sp³-hybridized carbons (Fsp3) is 0.938. The fourth-order valence-electron chi connectivity index (χ4n) is 4.22. The van der Waals surface area contributed by atoms with Crippen molar-refractivity contribution < 1.29 is 4.79 Å². The highest BCUT2D eigenvalue weighted by Crippen LogP contribution is 2.62. The molecule has 2 saturated carbocycles. The minimum atomic E-state index is -0.00849. The number of amides is 1. The number of nitrogens with one attached hydrogen (secondary N) is 2. The predicted molar refractivity (Wildman–Crippen MR) is 78.9 cm³/mol. The molecule has 3 atom stereocenters. The third-order valence-electron chi connectivity index (χ3n) is 5.35. The highest BCUT2D eigenvalue weighted by atomic mass is 16.2. The maximum Gasteiger partial charge on any atom is 0.234 e. The Kier molecular flexibility index (Phi) is 3.49. The van der Waals surface area contributed by atoms with Crippen molar-refractivity contribution in [3.8, 4) is 0 Å². The Morgan fingerprint density at radius 1 is 1.26 bits per heavy atom. The number of fused-ring (bicyclic) bond motifs is 2. The maximum absolute atomic E-state index is 12.2. The lowest BCUT2D eigenvalue weighted by Gasteiger charge is -2.43. The Labute approximate surface area is 117 Å². The van der Waals surface area contributed by atoms with Gasteiger partial charge in [0.05, 0.1) is 6.54 Å². The first kappa shape index (κ1) is 14.8. The largest absolute Gasteiger partial charge is 0.351 e. The molecule has 2 aliphatic carbocycles. The molecule has 110 valence electrons. The third-order valence-corrected chi connectivity index (χ3v) is 5.35. The van der Waals surface area contributed by atoms with Gasteiger partial charge in [-0.2, -0.15) is 0 Å². The van der Waals surface area contributed by atoms with E-state index in [-0.39, 0.29) is 16.9 Å². The van der Waals surface area contributed by atoms with Crippen LogP contribution in [-0.2, 0) is 4.79 Å². The molecule has 2 fully saturated rings. The van der Waals surface area contributed by atoms with Crippen molar-refractivity contribution in [2.24, 2.45) is 16.7 Å². The van der Waals surface area contributed by atoms with Gasteiger partial charge >= 0.3 is 0 Å². The van der Waals surface area contributed by atoms with Crippen molar-refractivity contribution in [1.29, 1.82) is 0 Å². The summed E-state index contributed by atoms with van der Waals surface area (Å²) >= 11 is 0. The zero-order valence-corrected chi connectivity index (χ0v) is 13.4. The molecule has 0 aromatic rings. The lowest BCUT2D eigenvalue weighted by Crippen LogP contribution is -2.55. The molecule has 0 aliphatic heterocycles. The molecular weight excluding hydrogens is 236 g/mol. The van der Waals surface area contributed by atoms with Crippen LogP contribution >= 0.6 is 0 Å². The average molecular weight is 266 g/mol. The van der Waals surface area contributed by atoms with Gasteiger partial charge in [-0.1, -0.05) is 20.8 Å². The number of carbonyl (C=O) groups excluding carboxylic acids is 1. The molecule has 1 amide bonds. The van der Waals surface area contributed by atoms with Gasteiger partial charge < -0.3 is 10.6 Å². The Morgan fingerprint density at radius 2 is 1.89 bits per heavy atom. The van der Waals surface area contributed by atoms with Crippen molar-refractivity contribution >= 4 is 5.91 Å². The van der Waals surface area contributed by atoms with Crippen molar-refractivity contribution in [3.63, 3.8) is 0 Å². The summed E-state index contributed by atoms with van der Waals surface area (Å²) in [7, 11) is 0. The molecule has 3 heteroatoms. The monoisotopic (exact) mass is 266 g/mol. The summed E-state index contributed by atoms with van der Waals surface area (Å²) < 4.78 is 0. The Hall–Kier alpha value is -0.570. The SMILES string of the molecule is CC(C)(C)NCC(=O)NC1C2(C)CCC(C2)C1(C)C. The normalized spacial score (nSPS) is 36.5. The van der Waals surface area contributed by atoms with E-state index in [0.717, 1.165) is 5.92 Å². The fourth-order valence-corrected chi connectivity index (χ4v) is 4.22. The molecular formula is C16H30N2O. The van der Waals surface area contributed by atoms with E-state index in [2.05, 4.69) is 52.2 Å². The van der Waals surface area contributed by atoms with Crippen molar-refractivity contribution in [1.82, 2.24) is 10.6 Å². The standard InChI is InChI=1S/C16H30N2O/c1-14(2,3)17-10-12(19)18-13-15(4,5)11-7-8-16(13,6)9-11/h11,13,17H,7-10H2,1-6H3,(H,18,19). The molecule has 2 aliphatic rings. The van der Waals surface area contributed by atoms with Gasteiger partial charge in [-0.3, -0.25) is 4.79 Å².